The number of nitrogens with one attached hydrogen (secondary N) is 4. The van der Waals surface area contributed by atoms with Crippen LogP contribution in [0.2, 0.25) is 0 Å². The first-order valence-corrected chi connectivity index (χ1v) is 28.8. The van der Waals surface area contributed by atoms with Crippen molar-refractivity contribution >= 4 is 46.3 Å². The zero-order valence-corrected chi connectivity index (χ0v) is 50.7. The highest BCUT2D eigenvalue weighted by Crippen LogP contribution is 2.36. The predicted octanol–water partition coefficient (Wildman–Crippen LogP) is 8.59. The molecular weight excluding hydrogens is 1130 g/mol. The quantitative estimate of drug-likeness (QED) is 0.0475. The molecule has 2 unspecified atom stereocenters. The number of pyridine rings is 6. The summed E-state index contributed by atoms with van der Waals surface area (Å²) < 4.78 is 47.5. The van der Waals surface area contributed by atoms with E-state index in [1.165, 1.54) is 12.0 Å². The lowest BCUT2D eigenvalue weighted by Crippen LogP contribution is -2.49. The van der Waals surface area contributed by atoms with Crippen LogP contribution in [0.5, 0.6) is 5.75 Å². The van der Waals surface area contributed by atoms with E-state index in [0.717, 1.165) is 99.9 Å². The van der Waals surface area contributed by atoms with E-state index in [2.05, 4.69) is 75.3 Å². The lowest BCUT2D eigenvalue weighted by Gasteiger charge is -2.39. The van der Waals surface area contributed by atoms with Crippen LogP contribution in [0.4, 0.5) is 24.8 Å². The largest absolute Gasteiger partial charge is 0.496 e. The summed E-state index contributed by atoms with van der Waals surface area (Å²) in [4.78, 5) is 74.5. The molecule has 0 radical (unpaired) electrons. The SMILES string of the molecule is CCN1CCN(C(C)c2c(C)c(C(=O)NCc3c(C)cc(C)[nH]c3=O)cc3c(-c4ccc(N)nc4)ccn23)CC1.COc1cc(C)[nH]c(=O)c1CNCl.Cc1c(C(=O)O)cc2c(-c3ccc(N)nc3)ccn2c1C(C)N1CCN(CC(F)(F)F)CC1. The number of hydrogen-bond acceptors (Lipinski definition) is 14. The molecule has 2 fully saturated rings. The molecule has 2 atom stereocenters. The lowest BCUT2D eigenvalue weighted by molar-refractivity contribution is -0.149. The minimum atomic E-state index is -4.22. The van der Waals surface area contributed by atoms with Crippen molar-refractivity contribution < 1.29 is 32.6 Å². The van der Waals surface area contributed by atoms with Crippen molar-refractivity contribution in [3.05, 3.63) is 168 Å². The van der Waals surface area contributed by atoms with Crippen molar-refractivity contribution in [1.82, 2.24) is 58.5 Å². The third kappa shape index (κ3) is 14.6. The van der Waals surface area contributed by atoms with Crippen LogP contribution in [0.15, 0.2) is 95.0 Å². The number of likely N-dealkylation sites (N-methyl/N-ethyl adjacent to an activating group) is 1. The van der Waals surface area contributed by atoms with Crippen LogP contribution in [0.1, 0.15) is 104 Å². The van der Waals surface area contributed by atoms with Crippen LogP contribution in [0.25, 0.3) is 33.3 Å². The van der Waals surface area contributed by atoms with Gasteiger partial charge in [-0.25, -0.2) is 19.6 Å². The number of rotatable bonds is 15. The van der Waals surface area contributed by atoms with Crippen LogP contribution in [0, 0.1) is 34.6 Å². The molecule has 9 N–H and O–H groups in total. The molecule has 86 heavy (non-hydrogen) atoms. The number of aromatic amines is 2. The van der Waals surface area contributed by atoms with Crippen molar-refractivity contribution in [3.63, 3.8) is 0 Å². The number of carboxylic acids is 1. The Kier molecular flexibility index (Phi) is 20.5. The number of nitrogen functional groups attached to an aromatic ring is 2. The van der Waals surface area contributed by atoms with Crippen molar-refractivity contribution in [2.75, 3.05) is 84.0 Å². The first kappa shape index (κ1) is 63.9. The summed E-state index contributed by atoms with van der Waals surface area (Å²) in [6.07, 6.45) is 3.17. The second-order valence-corrected chi connectivity index (χ2v) is 22.1. The van der Waals surface area contributed by atoms with E-state index < -0.39 is 18.7 Å². The number of alkyl halides is 3. The number of piperazine rings is 2. The minimum absolute atomic E-state index is 0.0984. The Morgan fingerprint density at radius 3 is 1.62 bits per heavy atom. The number of methoxy groups -OCH3 is 1. The maximum Gasteiger partial charge on any atom is 0.401 e. The molecule has 20 nitrogen and oxygen atoms in total. The fourth-order valence-corrected chi connectivity index (χ4v) is 11.8. The Bertz CT molecular complexity index is 3830. The van der Waals surface area contributed by atoms with E-state index in [9.17, 15) is 37.5 Å². The molecule has 24 heteroatoms. The van der Waals surface area contributed by atoms with E-state index in [4.69, 9.17) is 28.0 Å². The van der Waals surface area contributed by atoms with Crippen LogP contribution in [0.3, 0.4) is 0 Å². The average molecular weight is 1210 g/mol. The van der Waals surface area contributed by atoms with Gasteiger partial charge in [0.2, 0.25) is 0 Å². The smallest absolute Gasteiger partial charge is 0.401 e. The van der Waals surface area contributed by atoms with Gasteiger partial charge in [0.15, 0.2) is 0 Å². The number of ether oxygens (including phenoxy) is 1. The number of hydrogen-bond donors (Lipinski definition) is 7. The molecule has 0 bridgehead atoms. The molecule has 0 aromatic carbocycles. The van der Waals surface area contributed by atoms with Gasteiger partial charge >= 0.3 is 12.1 Å². The van der Waals surface area contributed by atoms with Gasteiger partial charge in [-0.05, 0) is 144 Å². The number of nitrogens with zero attached hydrogens (tertiary/aromatic N) is 8. The van der Waals surface area contributed by atoms with Gasteiger partial charge in [0.1, 0.15) is 17.4 Å². The zero-order valence-electron chi connectivity index (χ0n) is 50.0. The predicted molar refractivity (Wildman–Crippen MR) is 330 cm³/mol. The van der Waals surface area contributed by atoms with E-state index in [1.807, 2.05) is 68.6 Å². The van der Waals surface area contributed by atoms with Crippen LogP contribution < -0.4 is 37.5 Å². The number of fused-ring (bicyclic) bond motifs is 2. The van der Waals surface area contributed by atoms with E-state index >= 15 is 0 Å². The Labute approximate surface area is 502 Å². The fraction of sp³-hybridized carbons (Fsp3) is 0.387. The molecule has 458 valence electrons. The number of carbonyl (C=O) groups excluding carboxylic acids is 1. The highest BCUT2D eigenvalue weighted by molar-refractivity contribution is 6.13. The second kappa shape index (κ2) is 27.5. The summed E-state index contributed by atoms with van der Waals surface area (Å²) in [6.45, 7) is 21.9. The maximum atomic E-state index is 13.7. The monoisotopic (exact) mass is 1200 g/mol. The molecule has 0 spiro atoms. The van der Waals surface area contributed by atoms with Crippen LogP contribution >= 0.6 is 11.8 Å². The number of H-pyrrole nitrogens is 2. The molecular formula is C62H76ClF3N14O6. The number of amides is 1. The van der Waals surface area contributed by atoms with Crippen LogP contribution in [-0.4, -0.2) is 144 Å². The Morgan fingerprint density at radius 2 is 1.17 bits per heavy atom. The van der Waals surface area contributed by atoms with Gasteiger partial charge < -0.3 is 50.3 Å². The number of aryl methyl sites for hydroxylation is 3. The number of carbonyl (C=O) groups is 2. The summed E-state index contributed by atoms with van der Waals surface area (Å²) in [5, 5.41) is 12.9. The topological polar surface area (TPSA) is 253 Å². The molecule has 2 aliphatic rings. The Hall–Kier alpha value is -8.06. The maximum absolute atomic E-state index is 13.7. The van der Waals surface area contributed by atoms with Crippen molar-refractivity contribution in [2.45, 2.75) is 86.7 Å². The van der Waals surface area contributed by atoms with Gasteiger partial charge in [-0.3, -0.25) is 29.1 Å². The average Bonchev–Trinajstić information content (AvgIpc) is 1.59. The zero-order chi connectivity index (χ0) is 62.3. The second-order valence-electron chi connectivity index (χ2n) is 21.9. The summed E-state index contributed by atoms with van der Waals surface area (Å²) in [6, 6.07) is 18.4. The van der Waals surface area contributed by atoms with Gasteiger partial charge in [0.05, 0.1) is 35.8 Å². The van der Waals surface area contributed by atoms with E-state index in [1.54, 1.807) is 50.5 Å². The van der Waals surface area contributed by atoms with Crippen molar-refractivity contribution in [3.8, 4) is 28.0 Å². The number of nitrogens with two attached hydrogens (primary N) is 2. The standard InChI is InChI=1S/C31H39N7O2.C23H26F3N5O2.C8H11ClN2O2/c1-6-36-11-13-37(14-12-36)22(5)29-21(4)25(30(39)34-18-26-19(2)15-20(3)35-31(26)40)16-27-24(9-10-38(27)29)23-7-8-28(32)33-17-23;1-14-18(22(32)33)11-19-17(16-3-4-20(27)28-12-16)5-6-31(19)21(14)15(2)30-9-7-29(8-10-30)13-23(24,25)26;1-5-3-7(13-2)6(4-10-9)8(12)11-5/h7-10,15-17,22H,6,11-14,18H2,1-5H3,(H2,32,33)(H,34,39)(H,35,40);3-6,11-12,15H,7-10,13H2,1-2H3,(H2,27,28)(H,32,33);3,10H,4H2,1-2H3,(H,11,12). The third-order valence-corrected chi connectivity index (χ3v) is 16.5. The van der Waals surface area contributed by atoms with Gasteiger partial charge in [-0.15, -0.1) is 0 Å². The first-order valence-electron chi connectivity index (χ1n) is 28.4. The molecule has 10 rings (SSSR count). The molecule has 8 aromatic heterocycles. The molecule has 2 saturated heterocycles. The normalized spacial score (nSPS) is 15.2. The summed E-state index contributed by atoms with van der Waals surface area (Å²) in [5.41, 5.74) is 24.2. The number of aromatic nitrogens is 6. The van der Waals surface area contributed by atoms with Gasteiger partial charge in [-0.1, -0.05) is 6.92 Å². The first-order chi connectivity index (χ1) is 40.9. The molecule has 2 aliphatic heterocycles. The minimum Gasteiger partial charge on any atom is -0.496 e. The van der Waals surface area contributed by atoms with E-state index in [0.29, 0.717) is 65.8 Å². The summed E-state index contributed by atoms with van der Waals surface area (Å²) in [5.74, 6) is 0.176. The van der Waals surface area contributed by atoms with Gasteiger partial charge in [0, 0.05) is 158 Å². The van der Waals surface area contributed by atoms with Crippen LogP contribution in [-0.2, 0) is 13.1 Å². The molecule has 10 heterocycles. The molecule has 1 amide bonds. The highest BCUT2D eigenvalue weighted by Gasteiger charge is 2.34. The number of aromatic carboxylic acids is 1. The van der Waals surface area contributed by atoms with Crippen molar-refractivity contribution in [1.29, 1.82) is 0 Å². The Balaban J connectivity index is 0.000000187. The number of carboxylic acid groups (broad SMARTS) is 1. The van der Waals surface area contributed by atoms with Gasteiger partial charge in [0.25, 0.3) is 17.0 Å². The van der Waals surface area contributed by atoms with Gasteiger partial charge in [-0.2, -0.15) is 13.2 Å². The third-order valence-electron chi connectivity index (χ3n) is 16.3. The Morgan fingerprint density at radius 1 is 0.698 bits per heavy atom. The number of anilines is 2. The van der Waals surface area contributed by atoms with Crippen molar-refractivity contribution in [2.24, 2.45) is 0 Å². The fourth-order valence-electron chi connectivity index (χ4n) is 11.7. The highest BCUT2D eigenvalue weighted by atomic mass is 35.5. The molecule has 0 aliphatic carbocycles. The summed E-state index contributed by atoms with van der Waals surface area (Å²) in [7, 11) is 1.52. The summed E-state index contributed by atoms with van der Waals surface area (Å²) >= 11 is 5.32. The molecule has 8 aromatic rings. The number of halogens is 4. The van der Waals surface area contributed by atoms with E-state index in [-0.39, 0.29) is 47.8 Å². The molecule has 0 saturated carbocycles. The lowest BCUT2D eigenvalue weighted by atomic mass is 9.99.